The Morgan fingerprint density at radius 3 is 2.69 bits per heavy atom. The summed E-state index contributed by atoms with van der Waals surface area (Å²) in [6, 6.07) is 5.22. The maximum atomic E-state index is 11.0. The van der Waals surface area contributed by atoms with Crippen LogP contribution in [0, 0.1) is 17.0 Å². The van der Waals surface area contributed by atoms with Gasteiger partial charge in [-0.3, -0.25) is 10.1 Å². The molecule has 84 valence electrons. The Labute approximate surface area is 93.6 Å². The predicted molar refractivity (Wildman–Crippen MR) is 63.7 cm³/mol. The number of non-ortho nitro benzene ring substituents is 1. The van der Waals surface area contributed by atoms with Crippen molar-refractivity contribution in [3.8, 4) is 0 Å². The topological polar surface area (TPSA) is 48.1 Å². The molecular weight excluding hydrogens is 204 g/mol. The van der Waals surface area contributed by atoms with Gasteiger partial charge in [-0.05, 0) is 25.0 Å². The van der Waals surface area contributed by atoms with Gasteiger partial charge >= 0.3 is 0 Å². The molecule has 0 atom stereocenters. The van der Waals surface area contributed by atoms with Gasteiger partial charge in [-0.15, -0.1) is 0 Å². The monoisotopic (exact) mass is 218 g/mol. The fourth-order valence-corrected chi connectivity index (χ4v) is 2.39. The predicted octanol–water partition coefficient (Wildman–Crippen LogP) is 2.96. The van der Waals surface area contributed by atoms with Crippen molar-refractivity contribution in [3.63, 3.8) is 0 Å². The Morgan fingerprint density at radius 1 is 1.44 bits per heavy atom. The first-order chi connectivity index (χ1) is 7.57. The molecule has 1 aromatic heterocycles. The van der Waals surface area contributed by atoms with Crippen LogP contribution in [0.5, 0.6) is 0 Å². The van der Waals surface area contributed by atoms with Gasteiger partial charge < -0.3 is 4.57 Å². The van der Waals surface area contributed by atoms with E-state index < -0.39 is 0 Å². The van der Waals surface area contributed by atoms with Crippen LogP contribution in [0.4, 0.5) is 5.69 Å². The summed E-state index contributed by atoms with van der Waals surface area (Å²) >= 11 is 0. The molecule has 0 radical (unpaired) electrons. The second-order valence-electron chi connectivity index (χ2n) is 3.91. The number of nitro groups is 1. The molecule has 0 fully saturated rings. The fraction of sp³-hybridized carbons (Fsp3) is 0.333. The number of aromatic nitrogens is 1. The number of fused-ring (bicyclic) bond motifs is 1. The zero-order valence-corrected chi connectivity index (χ0v) is 9.65. The molecule has 0 bridgehead atoms. The number of hydrogen-bond acceptors (Lipinski definition) is 2. The highest BCUT2D eigenvalue weighted by Crippen LogP contribution is 2.32. The molecule has 1 aromatic carbocycles. The largest absolute Gasteiger partial charge is 0.347 e. The second kappa shape index (κ2) is 3.63. The van der Waals surface area contributed by atoms with Gasteiger partial charge in [0.05, 0.1) is 15.8 Å². The van der Waals surface area contributed by atoms with Crippen LogP contribution in [-0.2, 0) is 13.5 Å². The van der Waals surface area contributed by atoms with Gasteiger partial charge in [0.15, 0.2) is 0 Å². The summed E-state index contributed by atoms with van der Waals surface area (Å²) in [4.78, 5) is 10.7. The van der Waals surface area contributed by atoms with Crippen LogP contribution in [0.1, 0.15) is 18.2 Å². The average molecular weight is 218 g/mol. The first-order valence-electron chi connectivity index (χ1n) is 5.29. The van der Waals surface area contributed by atoms with Crippen molar-refractivity contribution in [1.29, 1.82) is 0 Å². The van der Waals surface area contributed by atoms with Gasteiger partial charge in [0.2, 0.25) is 0 Å². The highest BCUT2D eigenvalue weighted by Gasteiger charge is 2.19. The quantitative estimate of drug-likeness (QED) is 0.574. The molecule has 2 aromatic rings. The summed E-state index contributed by atoms with van der Waals surface area (Å²) in [5.41, 5.74) is 3.31. The van der Waals surface area contributed by atoms with E-state index in [1.165, 1.54) is 0 Å². The molecule has 1 heterocycles. The maximum Gasteiger partial charge on any atom is 0.279 e. The third kappa shape index (κ3) is 1.30. The lowest BCUT2D eigenvalue weighted by Crippen LogP contribution is -1.94. The van der Waals surface area contributed by atoms with Crippen molar-refractivity contribution in [2.45, 2.75) is 20.3 Å². The normalized spacial score (nSPS) is 10.9. The molecule has 0 saturated heterocycles. The summed E-state index contributed by atoms with van der Waals surface area (Å²) in [5.74, 6) is 0. The third-order valence-corrected chi connectivity index (χ3v) is 3.13. The van der Waals surface area contributed by atoms with Crippen molar-refractivity contribution in [2.75, 3.05) is 0 Å². The van der Waals surface area contributed by atoms with E-state index in [1.54, 1.807) is 12.1 Å². The minimum atomic E-state index is -0.311. The summed E-state index contributed by atoms with van der Waals surface area (Å²) in [7, 11) is 1.96. The van der Waals surface area contributed by atoms with Crippen LogP contribution in [0.25, 0.3) is 10.9 Å². The van der Waals surface area contributed by atoms with Crippen LogP contribution in [-0.4, -0.2) is 9.49 Å². The van der Waals surface area contributed by atoms with Crippen molar-refractivity contribution in [2.24, 2.45) is 7.05 Å². The molecule has 0 aliphatic heterocycles. The lowest BCUT2D eigenvalue weighted by Gasteiger charge is -2.00. The highest BCUT2D eigenvalue weighted by molar-refractivity contribution is 5.93. The molecule has 0 amide bonds. The zero-order valence-electron chi connectivity index (χ0n) is 9.65. The molecule has 4 nitrogen and oxygen atoms in total. The van der Waals surface area contributed by atoms with Crippen LogP contribution in [0.2, 0.25) is 0 Å². The van der Waals surface area contributed by atoms with Crippen molar-refractivity contribution in [3.05, 3.63) is 39.6 Å². The molecule has 2 rings (SSSR count). The van der Waals surface area contributed by atoms with Gasteiger partial charge in [0.1, 0.15) is 0 Å². The van der Waals surface area contributed by atoms with E-state index in [0.29, 0.717) is 0 Å². The minimum Gasteiger partial charge on any atom is -0.347 e. The first-order valence-corrected chi connectivity index (χ1v) is 5.29. The van der Waals surface area contributed by atoms with Crippen LogP contribution in [0.15, 0.2) is 18.2 Å². The molecule has 0 unspecified atom stereocenters. The maximum absolute atomic E-state index is 11.0. The van der Waals surface area contributed by atoms with E-state index in [0.717, 1.165) is 28.6 Å². The number of benzene rings is 1. The van der Waals surface area contributed by atoms with Gasteiger partial charge in [0.25, 0.3) is 5.69 Å². The Kier molecular flexibility index (Phi) is 2.42. The average Bonchev–Trinajstić information content (AvgIpc) is 2.51. The lowest BCUT2D eigenvalue weighted by atomic mass is 10.1. The molecule has 0 aliphatic carbocycles. The Bertz CT molecular complexity index is 570. The van der Waals surface area contributed by atoms with Crippen LogP contribution in [0.3, 0.4) is 0 Å². The molecular formula is C12H14N2O2. The summed E-state index contributed by atoms with van der Waals surface area (Å²) < 4.78 is 2.04. The van der Waals surface area contributed by atoms with Crippen LogP contribution < -0.4 is 0 Å². The van der Waals surface area contributed by atoms with E-state index in [9.17, 15) is 10.1 Å². The van der Waals surface area contributed by atoms with Crippen LogP contribution >= 0.6 is 0 Å². The van der Waals surface area contributed by atoms with Gasteiger partial charge in [-0.25, -0.2) is 0 Å². The number of aryl methyl sites for hydroxylation is 2. The molecule has 4 heteroatoms. The van der Waals surface area contributed by atoms with Gasteiger partial charge in [0, 0.05) is 18.8 Å². The van der Waals surface area contributed by atoms with E-state index in [4.69, 9.17) is 0 Å². The zero-order chi connectivity index (χ0) is 11.9. The smallest absolute Gasteiger partial charge is 0.279 e. The molecule has 0 saturated carbocycles. The molecule has 0 N–H and O–H groups in total. The Hall–Kier alpha value is -1.84. The molecule has 0 aliphatic rings. The van der Waals surface area contributed by atoms with Crippen molar-refractivity contribution in [1.82, 2.24) is 4.57 Å². The summed E-state index contributed by atoms with van der Waals surface area (Å²) in [5, 5.41) is 11.7. The summed E-state index contributed by atoms with van der Waals surface area (Å²) in [6.45, 7) is 4.02. The third-order valence-electron chi connectivity index (χ3n) is 3.13. The molecule has 16 heavy (non-hydrogen) atoms. The lowest BCUT2D eigenvalue weighted by molar-refractivity contribution is -0.383. The number of nitrogens with zero attached hydrogens (tertiary/aromatic N) is 2. The van der Waals surface area contributed by atoms with Crippen molar-refractivity contribution >= 4 is 16.6 Å². The standard InChI is InChI=1S/C12H14N2O2/c1-4-9-8(2)12-10(13(9)3)6-5-7-11(12)14(15)16/h5-7H,4H2,1-3H3. The number of rotatable bonds is 2. The Balaban J connectivity index is 2.93. The Morgan fingerprint density at radius 2 is 2.12 bits per heavy atom. The SMILES string of the molecule is CCc1c(C)c2c([N+](=O)[O-])cccc2n1C. The minimum absolute atomic E-state index is 0.199. The first kappa shape index (κ1) is 10.7. The van der Waals surface area contributed by atoms with Gasteiger partial charge in [-0.2, -0.15) is 0 Å². The summed E-state index contributed by atoms with van der Waals surface area (Å²) in [6.07, 6.45) is 0.883. The van der Waals surface area contributed by atoms with E-state index in [1.807, 2.05) is 24.6 Å². The molecule has 0 spiro atoms. The number of nitro benzene ring substituents is 1. The van der Waals surface area contributed by atoms with E-state index in [-0.39, 0.29) is 10.6 Å². The highest BCUT2D eigenvalue weighted by atomic mass is 16.6. The van der Waals surface area contributed by atoms with Crippen molar-refractivity contribution < 1.29 is 4.92 Å². The van der Waals surface area contributed by atoms with Gasteiger partial charge in [-0.1, -0.05) is 13.0 Å². The second-order valence-corrected chi connectivity index (χ2v) is 3.91. The fourth-order valence-electron chi connectivity index (χ4n) is 2.39. The van der Waals surface area contributed by atoms with E-state index >= 15 is 0 Å². The number of hydrogen-bond donors (Lipinski definition) is 0. The van der Waals surface area contributed by atoms with E-state index in [2.05, 4.69) is 6.92 Å².